The minimum absolute atomic E-state index is 0.0592. The molecule has 6 rings (SSSR count). The van der Waals surface area contributed by atoms with Crippen LogP contribution in [0.1, 0.15) is 75.0 Å². The molecule has 0 radical (unpaired) electrons. The van der Waals surface area contributed by atoms with Crippen molar-refractivity contribution in [2.75, 3.05) is 0 Å². The number of hydrogen-bond donors (Lipinski definition) is 0. The van der Waals surface area contributed by atoms with Crippen molar-refractivity contribution in [2.45, 2.75) is 70.6 Å². The van der Waals surface area contributed by atoms with Crippen LogP contribution in [0, 0.1) is 5.82 Å². The Morgan fingerprint density at radius 3 is 2.12 bits per heavy atom. The van der Waals surface area contributed by atoms with Gasteiger partial charge in [0.05, 0.1) is 23.7 Å². The number of cyclic esters (lactones) is 1. The lowest BCUT2D eigenvalue weighted by atomic mass is 9.92. The van der Waals surface area contributed by atoms with E-state index in [1.54, 1.807) is 22.7 Å². The largest absolute Gasteiger partial charge is 0.458 e. The van der Waals surface area contributed by atoms with Gasteiger partial charge in [0, 0.05) is 17.5 Å². The molecule has 3 aromatic carbocycles. The lowest BCUT2D eigenvalue weighted by Gasteiger charge is -2.46. The Morgan fingerprint density at radius 1 is 0.938 bits per heavy atom. The fourth-order valence-corrected chi connectivity index (χ4v) is 11.7. The second-order valence-electron chi connectivity index (χ2n) is 13.7. The van der Waals surface area contributed by atoms with Crippen molar-refractivity contribution in [3.63, 3.8) is 0 Å². The molecular formula is C40H41FN2O4Si. The monoisotopic (exact) mass is 660 g/mol. The van der Waals surface area contributed by atoms with Crippen LogP contribution in [-0.2, 0) is 14.0 Å². The molecule has 0 spiro atoms. The number of carbonyl (C=O) groups is 2. The van der Waals surface area contributed by atoms with Gasteiger partial charge in [0.25, 0.3) is 8.32 Å². The SMILES string of the molecule is CC(C)c1c(C=CC2CC(O[Si](c3ccccc3)(c3ccccc3)C(C)(C)C)CC(=O)O2)c(-c2ccc(F)cc2)nn2c(C=O)ccc12. The standard InChI is InChI=1S/C40H41FN2O4Si/c1-27(2)38-35(39(28-16-18-29(41)19-17-28)42-43-30(26-44)20-23-36(38)43)22-21-31-24-32(25-37(45)46-31)47-48(40(3,4)5,33-12-8-6-9-13-33)34-14-10-7-11-15-34/h6-23,26-27,31-32H,24-25H2,1-5H3. The molecule has 0 bridgehead atoms. The Morgan fingerprint density at radius 2 is 1.56 bits per heavy atom. The van der Waals surface area contributed by atoms with Gasteiger partial charge in [-0.1, -0.05) is 101 Å². The van der Waals surface area contributed by atoms with Gasteiger partial charge in [-0.05, 0) is 69.4 Å². The molecule has 1 fully saturated rings. The summed E-state index contributed by atoms with van der Waals surface area (Å²) in [4.78, 5) is 25.1. The van der Waals surface area contributed by atoms with Gasteiger partial charge in [-0.2, -0.15) is 5.10 Å². The van der Waals surface area contributed by atoms with Crippen molar-refractivity contribution in [3.05, 3.63) is 126 Å². The third kappa shape index (κ3) is 6.30. The van der Waals surface area contributed by atoms with Crippen LogP contribution in [0.2, 0.25) is 5.04 Å². The van der Waals surface area contributed by atoms with Crippen molar-refractivity contribution >= 4 is 42.5 Å². The predicted octanol–water partition coefficient (Wildman–Crippen LogP) is 7.74. The van der Waals surface area contributed by atoms with E-state index in [1.807, 2.05) is 30.4 Å². The second-order valence-corrected chi connectivity index (χ2v) is 18.0. The second kappa shape index (κ2) is 13.5. The first kappa shape index (κ1) is 33.2. The number of aromatic nitrogens is 2. The summed E-state index contributed by atoms with van der Waals surface area (Å²) in [5.74, 6) is -0.599. The molecule has 0 N–H and O–H groups in total. The number of ether oxygens (including phenoxy) is 1. The van der Waals surface area contributed by atoms with Gasteiger partial charge in [0.15, 0.2) is 6.29 Å². The summed E-state index contributed by atoms with van der Waals surface area (Å²) >= 11 is 0. The van der Waals surface area contributed by atoms with E-state index in [4.69, 9.17) is 14.3 Å². The highest BCUT2D eigenvalue weighted by molar-refractivity contribution is 6.99. The number of nitrogens with zero attached hydrogens (tertiary/aromatic N) is 2. The lowest BCUT2D eigenvalue weighted by Crippen LogP contribution is -2.68. The van der Waals surface area contributed by atoms with Crippen LogP contribution in [-0.4, -0.2) is 42.4 Å². The Labute approximate surface area is 282 Å². The van der Waals surface area contributed by atoms with Gasteiger partial charge in [-0.3, -0.25) is 9.59 Å². The maximum absolute atomic E-state index is 14.0. The molecule has 1 saturated heterocycles. The maximum atomic E-state index is 14.0. The summed E-state index contributed by atoms with van der Waals surface area (Å²) in [5.41, 5.74) is 4.35. The fourth-order valence-electron chi connectivity index (χ4n) is 7.01. The summed E-state index contributed by atoms with van der Waals surface area (Å²) in [6, 6.07) is 30.6. The molecule has 48 heavy (non-hydrogen) atoms. The lowest BCUT2D eigenvalue weighted by molar-refractivity contribution is -0.155. The van der Waals surface area contributed by atoms with Crippen molar-refractivity contribution < 1.29 is 23.1 Å². The van der Waals surface area contributed by atoms with Crippen LogP contribution in [0.25, 0.3) is 22.9 Å². The van der Waals surface area contributed by atoms with E-state index < -0.39 is 14.4 Å². The molecule has 0 aliphatic carbocycles. The summed E-state index contributed by atoms with van der Waals surface area (Å²) < 4.78 is 28.8. The van der Waals surface area contributed by atoms with E-state index >= 15 is 0 Å². The number of carbonyl (C=O) groups excluding carboxylic acids is 2. The third-order valence-corrected chi connectivity index (χ3v) is 14.2. The predicted molar refractivity (Wildman–Crippen MR) is 191 cm³/mol. The number of fused-ring (bicyclic) bond motifs is 1. The zero-order valence-corrected chi connectivity index (χ0v) is 29.0. The molecular weight excluding hydrogens is 620 g/mol. The third-order valence-electron chi connectivity index (χ3n) is 9.13. The topological polar surface area (TPSA) is 69.9 Å². The molecule has 2 unspecified atom stereocenters. The van der Waals surface area contributed by atoms with Crippen LogP contribution in [0.3, 0.4) is 0 Å². The van der Waals surface area contributed by atoms with Crippen LogP contribution in [0.5, 0.6) is 0 Å². The first-order valence-electron chi connectivity index (χ1n) is 16.4. The fraction of sp³-hybridized carbons (Fsp3) is 0.275. The Balaban J connectivity index is 1.41. The minimum Gasteiger partial charge on any atom is -0.458 e. The van der Waals surface area contributed by atoms with E-state index in [0.717, 1.165) is 33.3 Å². The van der Waals surface area contributed by atoms with E-state index in [1.165, 1.54) is 12.1 Å². The van der Waals surface area contributed by atoms with Crippen molar-refractivity contribution in [3.8, 4) is 11.3 Å². The average Bonchev–Trinajstić information content (AvgIpc) is 3.48. The first-order valence-corrected chi connectivity index (χ1v) is 18.4. The zero-order valence-electron chi connectivity index (χ0n) is 28.0. The summed E-state index contributed by atoms with van der Waals surface area (Å²) in [6.07, 6.45) is 4.40. The Hall–Kier alpha value is -4.66. The number of benzene rings is 3. The molecule has 2 atom stereocenters. The summed E-state index contributed by atoms with van der Waals surface area (Å²) in [6.45, 7) is 10.8. The summed E-state index contributed by atoms with van der Waals surface area (Å²) in [7, 11) is -2.90. The quantitative estimate of drug-likeness (QED) is 0.0919. The van der Waals surface area contributed by atoms with Gasteiger partial charge < -0.3 is 9.16 Å². The zero-order chi connectivity index (χ0) is 34.1. The highest BCUT2D eigenvalue weighted by atomic mass is 28.4. The van der Waals surface area contributed by atoms with Crippen molar-refractivity contribution in [1.29, 1.82) is 0 Å². The number of esters is 1. The molecule has 5 aromatic rings. The average molecular weight is 661 g/mol. The van der Waals surface area contributed by atoms with Gasteiger partial charge in [0.1, 0.15) is 17.6 Å². The van der Waals surface area contributed by atoms with Crippen LogP contribution in [0.4, 0.5) is 4.39 Å². The number of aldehydes is 1. The molecule has 2 aromatic heterocycles. The van der Waals surface area contributed by atoms with E-state index in [9.17, 15) is 14.0 Å². The molecule has 1 aliphatic rings. The minimum atomic E-state index is -2.90. The van der Waals surface area contributed by atoms with Crippen molar-refractivity contribution in [1.82, 2.24) is 9.61 Å². The highest BCUT2D eigenvalue weighted by Gasteiger charge is 2.52. The van der Waals surface area contributed by atoms with Crippen LogP contribution < -0.4 is 10.4 Å². The molecule has 1 aliphatic heterocycles. The van der Waals surface area contributed by atoms with Crippen molar-refractivity contribution in [2.24, 2.45) is 0 Å². The molecule has 3 heterocycles. The van der Waals surface area contributed by atoms with Gasteiger partial charge in [-0.15, -0.1) is 0 Å². The Bertz CT molecular complexity index is 1910. The molecule has 0 saturated carbocycles. The molecule has 8 heteroatoms. The maximum Gasteiger partial charge on any atom is 0.308 e. The normalized spacial score (nSPS) is 17.3. The summed E-state index contributed by atoms with van der Waals surface area (Å²) in [5, 5.41) is 6.94. The van der Waals surface area contributed by atoms with Gasteiger partial charge in [0.2, 0.25) is 0 Å². The van der Waals surface area contributed by atoms with Crippen LogP contribution in [0.15, 0.2) is 103 Å². The molecule has 246 valence electrons. The Kier molecular flexibility index (Phi) is 9.32. The van der Waals surface area contributed by atoms with Crippen LogP contribution >= 0.6 is 0 Å². The molecule has 6 nitrogen and oxygen atoms in total. The van der Waals surface area contributed by atoms with E-state index in [2.05, 4.69) is 83.1 Å². The van der Waals surface area contributed by atoms with Gasteiger partial charge in [-0.25, -0.2) is 8.91 Å². The van der Waals surface area contributed by atoms with E-state index in [-0.39, 0.29) is 35.3 Å². The molecule has 0 amide bonds. The number of hydrogen-bond acceptors (Lipinski definition) is 5. The number of rotatable bonds is 9. The van der Waals surface area contributed by atoms with E-state index in [0.29, 0.717) is 23.4 Å². The highest BCUT2D eigenvalue weighted by Crippen LogP contribution is 2.39. The smallest absolute Gasteiger partial charge is 0.308 e. The number of halogens is 1. The van der Waals surface area contributed by atoms with Gasteiger partial charge >= 0.3 is 5.97 Å². The first-order chi connectivity index (χ1) is 23.0.